The van der Waals surface area contributed by atoms with Crippen molar-refractivity contribution in [3.05, 3.63) is 145 Å². The summed E-state index contributed by atoms with van der Waals surface area (Å²) in [5.41, 5.74) is 8.96. The number of aromatic nitrogens is 4. The Kier molecular flexibility index (Phi) is 5.77. The van der Waals surface area contributed by atoms with Crippen molar-refractivity contribution in [2.75, 3.05) is 0 Å². The van der Waals surface area contributed by atoms with Gasteiger partial charge >= 0.3 is 0 Å². The molecule has 0 spiro atoms. The van der Waals surface area contributed by atoms with Crippen LogP contribution < -0.4 is 4.74 Å². The standard InChI is InChI=1S/C44H32N4O/c1-44(2,3)28-20-21-45-42(23-28)47-38-16-6-4-12-31(38)33-19-18-30(24-40(33)47)49-29-11-8-10-27(22-29)37-25-41-36(26-46-37)35-15-9-14-34-32-13-5-7-17-39(32)48(41)43(34)35/h4-26H,1-3H3. The first-order valence-electron chi connectivity index (χ1n) is 16.7. The van der Waals surface area contributed by atoms with Gasteiger partial charge < -0.3 is 9.14 Å². The first kappa shape index (κ1) is 27.9. The molecule has 0 aliphatic carbocycles. The molecule has 0 saturated heterocycles. The van der Waals surface area contributed by atoms with Crippen molar-refractivity contribution in [2.45, 2.75) is 26.2 Å². The SMILES string of the molecule is CC(C)(C)c1ccnc(-n2c3ccccc3c3ccc(Oc4cccc(-c5cc6c(cn5)c5cccc7c8ccccc8n6c75)c4)cc32)c1. The maximum atomic E-state index is 6.58. The average Bonchev–Trinajstić information content (AvgIpc) is 3.76. The van der Waals surface area contributed by atoms with Crippen LogP contribution in [-0.4, -0.2) is 18.9 Å². The normalized spacial score (nSPS) is 12.4. The van der Waals surface area contributed by atoms with E-state index in [9.17, 15) is 0 Å². The highest BCUT2D eigenvalue weighted by Crippen LogP contribution is 2.40. The molecule has 0 unspecified atom stereocenters. The smallest absolute Gasteiger partial charge is 0.137 e. The zero-order chi connectivity index (χ0) is 32.9. The number of fused-ring (bicyclic) bond motifs is 9. The summed E-state index contributed by atoms with van der Waals surface area (Å²) in [4.78, 5) is 9.79. The number of hydrogen-bond donors (Lipinski definition) is 0. The van der Waals surface area contributed by atoms with Crippen LogP contribution >= 0.6 is 0 Å². The fourth-order valence-corrected chi connectivity index (χ4v) is 7.60. The van der Waals surface area contributed by atoms with Crippen molar-refractivity contribution in [3.63, 3.8) is 0 Å². The lowest BCUT2D eigenvalue weighted by Crippen LogP contribution is -2.12. The molecule has 234 valence electrons. The molecule has 5 nitrogen and oxygen atoms in total. The van der Waals surface area contributed by atoms with Crippen molar-refractivity contribution in [2.24, 2.45) is 0 Å². The Bertz CT molecular complexity index is 2910. The molecule has 0 aliphatic heterocycles. The summed E-state index contributed by atoms with van der Waals surface area (Å²) >= 11 is 0. The quantitative estimate of drug-likeness (QED) is 0.194. The number of hydrogen-bond acceptors (Lipinski definition) is 3. The van der Waals surface area contributed by atoms with Gasteiger partial charge in [0, 0.05) is 56.3 Å². The number of pyridine rings is 2. The summed E-state index contributed by atoms with van der Waals surface area (Å²) in [6.45, 7) is 6.70. The van der Waals surface area contributed by atoms with Gasteiger partial charge in [0.2, 0.25) is 0 Å². The van der Waals surface area contributed by atoms with E-state index in [1.54, 1.807) is 0 Å². The highest BCUT2D eigenvalue weighted by atomic mass is 16.5. The lowest BCUT2D eigenvalue weighted by Gasteiger charge is -2.20. The van der Waals surface area contributed by atoms with Gasteiger partial charge in [0.25, 0.3) is 0 Å². The molecule has 10 rings (SSSR count). The maximum absolute atomic E-state index is 6.58. The third kappa shape index (κ3) is 4.18. The first-order chi connectivity index (χ1) is 23.9. The van der Waals surface area contributed by atoms with Crippen molar-refractivity contribution < 1.29 is 4.74 Å². The Labute approximate surface area is 283 Å². The van der Waals surface area contributed by atoms with Crippen LogP contribution in [0, 0.1) is 0 Å². The minimum atomic E-state index is 0.00924. The van der Waals surface area contributed by atoms with Crippen LogP contribution in [0.3, 0.4) is 0 Å². The Morgan fingerprint density at radius 1 is 0.531 bits per heavy atom. The minimum absolute atomic E-state index is 0.00924. The maximum Gasteiger partial charge on any atom is 0.137 e. The summed E-state index contributed by atoms with van der Waals surface area (Å²) in [6.07, 6.45) is 3.93. The van der Waals surface area contributed by atoms with Gasteiger partial charge in [-0.3, -0.25) is 9.55 Å². The monoisotopic (exact) mass is 632 g/mol. The van der Waals surface area contributed by atoms with Crippen LogP contribution in [-0.2, 0) is 5.41 Å². The number of benzene rings is 5. The second-order valence-electron chi connectivity index (χ2n) is 14.0. The van der Waals surface area contributed by atoms with Gasteiger partial charge in [-0.1, -0.05) is 87.5 Å². The molecule has 0 radical (unpaired) electrons. The van der Waals surface area contributed by atoms with Crippen molar-refractivity contribution in [1.82, 2.24) is 18.9 Å². The summed E-state index contributed by atoms with van der Waals surface area (Å²) < 4.78 is 11.2. The van der Waals surface area contributed by atoms with E-state index in [0.717, 1.165) is 55.9 Å². The molecule has 49 heavy (non-hydrogen) atoms. The number of rotatable bonds is 4. The van der Waals surface area contributed by atoms with Crippen LogP contribution in [0.5, 0.6) is 11.5 Å². The Hall–Kier alpha value is -6.20. The van der Waals surface area contributed by atoms with Gasteiger partial charge in [0.1, 0.15) is 17.3 Å². The molecule has 0 fully saturated rings. The second-order valence-corrected chi connectivity index (χ2v) is 14.0. The first-order valence-corrected chi connectivity index (χ1v) is 16.7. The van der Waals surface area contributed by atoms with E-state index in [-0.39, 0.29) is 5.41 Å². The van der Waals surface area contributed by atoms with E-state index < -0.39 is 0 Å². The van der Waals surface area contributed by atoms with Gasteiger partial charge in [0.05, 0.1) is 33.3 Å². The molecule has 0 amide bonds. The average molecular weight is 633 g/mol. The van der Waals surface area contributed by atoms with E-state index in [1.807, 2.05) is 24.5 Å². The largest absolute Gasteiger partial charge is 0.457 e. The summed E-state index contributed by atoms with van der Waals surface area (Å²) in [6, 6.07) is 44.8. The molecule has 10 aromatic rings. The van der Waals surface area contributed by atoms with Crippen LogP contribution in [0.2, 0.25) is 0 Å². The Morgan fingerprint density at radius 3 is 2.06 bits per heavy atom. The van der Waals surface area contributed by atoms with Gasteiger partial charge in [-0.2, -0.15) is 0 Å². The molecular weight excluding hydrogens is 601 g/mol. The molecule has 0 atom stereocenters. The highest BCUT2D eigenvalue weighted by Gasteiger charge is 2.20. The molecule has 5 aromatic heterocycles. The van der Waals surface area contributed by atoms with E-state index in [1.165, 1.54) is 38.1 Å². The van der Waals surface area contributed by atoms with Crippen molar-refractivity contribution >= 4 is 59.9 Å². The minimum Gasteiger partial charge on any atom is -0.457 e. The van der Waals surface area contributed by atoms with E-state index in [0.29, 0.717) is 0 Å². The van der Waals surface area contributed by atoms with Crippen LogP contribution in [0.4, 0.5) is 0 Å². The van der Waals surface area contributed by atoms with E-state index in [4.69, 9.17) is 14.7 Å². The second kappa shape index (κ2) is 10.1. The lowest BCUT2D eigenvalue weighted by atomic mass is 9.88. The predicted molar refractivity (Wildman–Crippen MR) is 202 cm³/mol. The zero-order valence-electron chi connectivity index (χ0n) is 27.5. The highest BCUT2D eigenvalue weighted by molar-refractivity contribution is 6.23. The molecule has 0 saturated carbocycles. The Morgan fingerprint density at radius 2 is 1.22 bits per heavy atom. The van der Waals surface area contributed by atoms with Crippen molar-refractivity contribution in [3.8, 4) is 28.6 Å². The van der Waals surface area contributed by atoms with E-state index >= 15 is 0 Å². The molecule has 5 heteroatoms. The summed E-state index contributed by atoms with van der Waals surface area (Å²) in [5, 5.41) is 7.28. The molecule has 0 aliphatic rings. The fraction of sp³-hybridized carbons (Fsp3) is 0.0909. The number of para-hydroxylation sites is 3. The molecule has 0 bridgehead atoms. The van der Waals surface area contributed by atoms with Crippen molar-refractivity contribution in [1.29, 1.82) is 0 Å². The van der Waals surface area contributed by atoms with Gasteiger partial charge in [-0.25, -0.2) is 4.98 Å². The third-order valence-electron chi connectivity index (χ3n) is 9.96. The number of ether oxygens (including phenoxy) is 1. The molecule has 5 aromatic carbocycles. The topological polar surface area (TPSA) is 44.3 Å². The van der Waals surface area contributed by atoms with Gasteiger partial charge in [0.15, 0.2) is 0 Å². The summed E-state index contributed by atoms with van der Waals surface area (Å²) in [5.74, 6) is 2.42. The van der Waals surface area contributed by atoms with Crippen LogP contribution in [0.1, 0.15) is 26.3 Å². The lowest BCUT2D eigenvalue weighted by molar-refractivity contribution is 0.483. The van der Waals surface area contributed by atoms with E-state index in [2.05, 4.69) is 145 Å². The molecule has 0 N–H and O–H groups in total. The zero-order valence-corrected chi connectivity index (χ0v) is 27.5. The molecular formula is C44H32N4O. The fourth-order valence-electron chi connectivity index (χ4n) is 7.60. The third-order valence-corrected chi connectivity index (χ3v) is 9.96. The number of nitrogens with zero attached hydrogens (tertiary/aromatic N) is 4. The predicted octanol–water partition coefficient (Wildman–Crippen LogP) is 11.5. The van der Waals surface area contributed by atoms with Crippen LogP contribution in [0.15, 0.2) is 140 Å². The molecule has 5 heterocycles. The van der Waals surface area contributed by atoms with Gasteiger partial charge in [-0.05, 0) is 65.6 Å². The van der Waals surface area contributed by atoms with Crippen LogP contribution in [0.25, 0.3) is 77.0 Å². The summed E-state index contributed by atoms with van der Waals surface area (Å²) in [7, 11) is 0. The Balaban J connectivity index is 1.07. The van der Waals surface area contributed by atoms with Gasteiger partial charge in [-0.15, -0.1) is 0 Å².